The maximum absolute atomic E-state index is 12.0. The lowest BCUT2D eigenvalue weighted by atomic mass is 9.82. The Balaban J connectivity index is 1.80. The SMILES string of the molecule is O=C1CCCCC1C1CCCN1CCCCCO. The molecule has 2 rings (SSSR count). The first-order valence-corrected chi connectivity index (χ1v) is 7.70. The summed E-state index contributed by atoms with van der Waals surface area (Å²) in [4.78, 5) is 14.6. The zero-order valence-corrected chi connectivity index (χ0v) is 11.4. The number of likely N-dealkylation sites (tertiary alicyclic amines) is 1. The summed E-state index contributed by atoms with van der Waals surface area (Å²) in [6.07, 6.45) is 9.96. The van der Waals surface area contributed by atoms with E-state index in [9.17, 15) is 4.79 Å². The van der Waals surface area contributed by atoms with E-state index in [-0.39, 0.29) is 0 Å². The van der Waals surface area contributed by atoms with Gasteiger partial charge in [0.25, 0.3) is 0 Å². The lowest BCUT2D eigenvalue weighted by Crippen LogP contribution is -2.41. The molecule has 2 unspecified atom stereocenters. The molecule has 1 aliphatic heterocycles. The van der Waals surface area contributed by atoms with Crippen molar-refractivity contribution in [1.82, 2.24) is 4.90 Å². The number of rotatable bonds is 6. The van der Waals surface area contributed by atoms with Crippen LogP contribution in [-0.2, 0) is 4.79 Å². The van der Waals surface area contributed by atoms with Crippen LogP contribution in [0, 0.1) is 5.92 Å². The fraction of sp³-hybridized carbons (Fsp3) is 0.933. The highest BCUT2D eigenvalue weighted by Crippen LogP contribution is 2.32. The highest BCUT2D eigenvalue weighted by atomic mass is 16.2. The van der Waals surface area contributed by atoms with Crippen LogP contribution in [0.1, 0.15) is 57.8 Å². The first kappa shape index (κ1) is 14.0. The van der Waals surface area contributed by atoms with Crippen molar-refractivity contribution in [3.05, 3.63) is 0 Å². The van der Waals surface area contributed by atoms with Crippen LogP contribution in [0.15, 0.2) is 0 Å². The molecule has 1 saturated heterocycles. The van der Waals surface area contributed by atoms with Gasteiger partial charge in [0.2, 0.25) is 0 Å². The van der Waals surface area contributed by atoms with E-state index in [1.807, 2.05) is 0 Å². The molecule has 0 radical (unpaired) electrons. The number of nitrogens with zero attached hydrogens (tertiary/aromatic N) is 1. The van der Waals surface area contributed by atoms with Gasteiger partial charge in [0, 0.05) is 25.0 Å². The fourth-order valence-electron chi connectivity index (χ4n) is 3.61. The second-order valence-electron chi connectivity index (χ2n) is 5.85. The van der Waals surface area contributed by atoms with E-state index in [1.54, 1.807) is 0 Å². The predicted octanol–water partition coefficient (Wildman–Crippen LogP) is 2.37. The van der Waals surface area contributed by atoms with Gasteiger partial charge in [0.15, 0.2) is 0 Å². The molecule has 3 heteroatoms. The van der Waals surface area contributed by atoms with Gasteiger partial charge in [-0.1, -0.05) is 6.42 Å². The quantitative estimate of drug-likeness (QED) is 0.739. The summed E-state index contributed by atoms with van der Waals surface area (Å²) in [5, 5.41) is 8.79. The molecule has 0 aromatic rings. The Morgan fingerprint density at radius 3 is 2.78 bits per heavy atom. The van der Waals surface area contributed by atoms with E-state index in [1.165, 1.54) is 25.8 Å². The van der Waals surface area contributed by atoms with E-state index in [4.69, 9.17) is 5.11 Å². The number of aliphatic hydroxyl groups excluding tert-OH is 1. The van der Waals surface area contributed by atoms with Crippen LogP contribution in [0.3, 0.4) is 0 Å². The fourth-order valence-corrected chi connectivity index (χ4v) is 3.61. The van der Waals surface area contributed by atoms with Crippen molar-refractivity contribution in [3.8, 4) is 0 Å². The van der Waals surface area contributed by atoms with E-state index >= 15 is 0 Å². The van der Waals surface area contributed by atoms with Crippen LogP contribution in [0.5, 0.6) is 0 Å². The number of hydrogen-bond donors (Lipinski definition) is 1. The first-order chi connectivity index (χ1) is 8.83. The van der Waals surface area contributed by atoms with E-state index in [0.29, 0.717) is 24.3 Å². The van der Waals surface area contributed by atoms with E-state index in [0.717, 1.165) is 45.1 Å². The molecule has 1 saturated carbocycles. The van der Waals surface area contributed by atoms with Crippen LogP contribution in [0.2, 0.25) is 0 Å². The highest BCUT2D eigenvalue weighted by Gasteiger charge is 2.36. The maximum atomic E-state index is 12.0. The Morgan fingerprint density at radius 1 is 1.11 bits per heavy atom. The molecule has 0 bridgehead atoms. The average Bonchev–Trinajstić information content (AvgIpc) is 2.83. The van der Waals surface area contributed by atoms with Gasteiger partial charge in [-0.25, -0.2) is 0 Å². The summed E-state index contributed by atoms with van der Waals surface area (Å²) >= 11 is 0. The van der Waals surface area contributed by atoms with Crippen LogP contribution in [0.4, 0.5) is 0 Å². The van der Waals surface area contributed by atoms with Gasteiger partial charge >= 0.3 is 0 Å². The van der Waals surface area contributed by atoms with Gasteiger partial charge in [-0.05, 0) is 58.0 Å². The molecule has 18 heavy (non-hydrogen) atoms. The number of carbonyl (C=O) groups excluding carboxylic acids is 1. The van der Waals surface area contributed by atoms with Crippen molar-refractivity contribution in [2.24, 2.45) is 5.92 Å². The van der Waals surface area contributed by atoms with Gasteiger partial charge in [-0.2, -0.15) is 0 Å². The van der Waals surface area contributed by atoms with Crippen molar-refractivity contribution < 1.29 is 9.90 Å². The lowest BCUT2D eigenvalue weighted by molar-refractivity contribution is -0.126. The molecule has 2 fully saturated rings. The minimum atomic E-state index is 0.310. The molecule has 1 heterocycles. The lowest BCUT2D eigenvalue weighted by Gasteiger charge is -2.33. The van der Waals surface area contributed by atoms with Gasteiger partial charge in [-0.15, -0.1) is 0 Å². The third kappa shape index (κ3) is 3.55. The summed E-state index contributed by atoms with van der Waals surface area (Å²) in [5.41, 5.74) is 0. The molecule has 104 valence electrons. The van der Waals surface area contributed by atoms with Gasteiger partial charge < -0.3 is 5.11 Å². The Hall–Kier alpha value is -0.410. The zero-order chi connectivity index (χ0) is 12.8. The average molecular weight is 253 g/mol. The number of carbonyl (C=O) groups is 1. The Morgan fingerprint density at radius 2 is 2.00 bits per heavy atom. The molecule has 0 spiro atoms. The van der Waals surface area contributed by atoms with Crippen LogP contribution in [-0.4, -0.2) is 41.5 Å². The predicted molar refractivity (Wildman–Crippen MR) is 72.5 cm³/mol. The molecule has 1 N–H and O–H groups in total. The molecule has 1 aliphatic carbocycles. The summed E-state index contributed by atoms with van der Waals surface area (Å²) in [6, 6.07) is 0.534. The number of ketones is 1. The molecule has 0 aromatic heterocycles. The van der Waals surface area contributed by atoms with Gasteiger partial charge in [0.05, 0.1) is 0 Å². The summed E-state index contributed by atoms with van der Waals surface area (Å²) in [7, 11) is 0. The van der Waals surface area contributed by atoms with Crippen molar-refractivity contribution in [2.45, 2.75) is 63.8 Å². The van der Waals surface area contributed by atoms with Gasteiger partial charge in [0.1, 0.15) is 5.78 Å². The second-order valence-corrected chi connectivity index (χ2v) is 5.85. The second kappa shape index (κ2) is 7.25. The normalized spacial score (nSPS) is 29.9. The monoisotopic (exact) mass is 253 g/mol. The molecular formula is C15H27NO2. The molecule has 0 aromatic carbocycles. The highest BCUT2D eigenvalue weighted by molar-refractivity contribution is 5.82. The smallest absolute Gasteiger partial charge is 0.137 e. The topological polar surface area (TPSA) is 40.5 Å². The van der Waals surface area contributed by atoms with Crippen molar-refractivity contribution in [2.75, 3.05) is 19.7 Å². The maximum Gasteiger partial charge on any atom is 0.137 e. The zero-order valence-electron chi connectivity index (χ0n) is 11.4. The first-order valence-electron chi connectivity index (χ1n) is 7.70. The van der Waals surface area contributed by atoms with Crippen molar-refractivity contribution >= 4 is 5.78 Å². The van der Waals surface area contributed by atoms with Crippen LogP contribution >= 0.6 is 0 Å². The largest absolute Gasteiger partial charge is 0.396 e. The molecule has 2 atom stereocenters. The third-order valence-corrected chi connectivity index (χ3v) is 4.58. The standard InChI is InChI=1S/C15H27NO2/c17-12-5-1-4-10-16-11-6-8-14(16)13-7-2-3-9-15(13)18/h13-14,17H,1-12H2. The van der Waals surface area contributed by atoms with Crippen molar-refractivity contribution in [1.29, 1.82) is 0 Å². The van der Waals surface area contributed by atoms with Gasteiger partial charge in [-0.3, -0.25) is 9.69 Å². The molecular weight excluding hydrogens is 226 g/mol. The molecule has 3 nitrogen and oxygen atoms in total. The number of unbranched alkanes of at least 4 members (excludes halogenated alkanes) is 2. The third-order valence-electron chi connectivity index (χ3n) is 4.58. The van der Waals surface area contributed by atoms with E-state index < -0.39 is 0 Å². The Labute approximate surface area is 111 Å². The summed E-state index contributed by atoms with van der Waals surface area (Å²) in [5.74, 6) is 0.854. The molecule has 0 amide bonds. The number of aliphatic hydroxyl groups is 1. The minimum Gasteiger partial charge on any atom is -0.396 e. The van der Waals surface area contributed by atoms with Crippen LogP contribution < -0.4 is 0 Å². The van der Waals surface area contributed by atoms with Crippen molar-refractivity contribution in [3.63, 3.8) is 0 Å². The minimum absolute atomic E-state index is 0.310. The number of hydrogen-bond acceptors (Lipinski definition) is 3. The summed E-state index contributed by atoms with van der Waals surface area (Å²) < 4.78 is 0. The van der Waals surface area contributed by atoms with Crippen LogP contribution in [0.25, 0.3) is 0 Å². The number of Topliss-reactive ketones (excluding diaryl/α,β-unsaturated/α-hetero) is 1. The Bertz CT molecular complexity index is 267. The molecule has 2 aliphatic rings. The van der Waals surface area contributed by atoms with E-state index in [2.05, 4.69) is 4.90 Å². The Kier molecular flexibility index (Phi) is 5.64. The summed E-state index contributed by atoms with van der Waals surface area (Å²) in [6.45, 7) is 2.60.